The van der Waals surface area contributed by atoms with Crippen LogP contribution in [0.2, 0.25) is 0 Å². The number of hydrogen-bond acceptors (Lipinski definition) is 3. The zero-order valence-corrected chi connectivity index (χ0v) is 15.2. The van der Waals surface area contributed by atoms with Crippen LogP contribution in [0.1, 0.15) is 18.9 Å². The molecule has 1 aliphatic rings. The van der Waals surface area contributed by atoms with Gasteiger partial charge in [-0.05, 0) is 36.8 Å². The summed E-state index contributed by atoms with van der Waals surface area (Å²) in [4.78, 5) is 28.5. The van der Waals surface area contributed by atoms with Gasteiger partial charge in [-0.25, -0.2) is 0 Å². The molecule has 1 atom stereocenters. The number of carbonyl (C=O) groups excluding carboxylic acids is 2. The van der Waals surface area contributed by atoms with Crippen molar-refractivity contribution >= 4 is 17.5 Å². The van der Waals surface area contributed by atoms with E-state index in [1.807, 2.05) is 61.5 Å². The van der Waals surface area contributed by atoms with Crippen LogP contribution in [-0.4, -0.2) is 36.9 Å². The highest BCUT2D eigenvalue weighted by Gasteiger charge is 2.36. The van der Waals surface area contributed by atoms with Crippen LogP contribution >= 0.6 is 0 Å². The average molecular weight is 352 g/mol. The summed E-state index contributed by atoms with van der Waals surface area (Å²) in [7, 11) is 1.79. The van der Waals surface area contributed by atoms with Crippen molar-refractivity contribution in [3.63, 3.8) is 0 Å². The SMILES string of the molecule is CCOc1ccc(N2C[C@H](C(=O)N(C)Cc3ccccc3)CC2=O)cc1. The lowest BCUT2D eigenvalue weighted by molar-refractivity contribution is -0.135. The summed E-state index contributed by atoms with van der Waals surface area (Å²) < 4.78 is 5.43. The molecule has 3 rings (SSSR count). The van der Waals surface area contributed by atoms with Gasteiger partial charge in [0.2, 0.25) is 11.8 Å². The Morgan fingerprint density at radius 3 is 2.50 bits per heavy atom. The minimum atomic E-state index is -0.303. The van der Waals surface area contributed by atoms with Gasteiger partial charge in [-0.3, -0.25) is 9.59 Å². The number of hydrogen-bond donors (Lipinski definition) is 0. The maximum Gasteiger partial charge on any atom is 0.228 e. The van der Waals surface area contributed by atoms with Crippen molar-refractivity contribution in [3.8, 4) is 5.75 Å². The molecule has 26 heavy (non-hydrogen) atoms. The molecule has 0 aromatic heterocycles. The van der Waals surface area contributed by atoms with E-state index in [0.717, 1.165) is 17.0 Å². The van der Waals surface area contributed by atoms with Gasteiger partial charge in [0, 0.05) is 32.2 Å². The monoisotopic (exact) mass is 352 g/mol. The van der Waals surface area contributed by atoms with Crippen molar-refractivity contribution in [2.24, 2.45) is 5.92 Å². The molecule has 2 aromatic carbocycles. The number of amides is 2. The van der Waals surface area contributed by atoms with Gasteiger partial charge in [-0.1, -0.05) is 30.3 Å². The third-order valence-electron chi connectivity index (χ3n) is 4.57. The van der Waals surface area contributed by atoms with Gasteiger partial charge < -0.3 is 14.5 Å². The first kappa shape index (κ1) is 18.0. The lowest BCUT2D eigenvalue weighted by atomic mass is 10.1. The zero-order chi connectivity index (χ0) is 18.5. The molecule has 2 aromatic rings. The molecule has 0 saturated carbocycles. The van der Waals surface area contributed by atoms with Crippen LogP contribution in [-0.2, 0) is 16.1 Å². The first-order chi connectivity index (χ1) is 12.6. The highest BCUT2D eigenvalue weighted by Crippen LogP contribution is 2.28. The number of rotatable bonds is 6. The van der Waals surface area contributed by atoms with E-state index in [1.54, 1.807) is 16.8 Å². The standard InChI is InChI=1S/C21H24N2O3/c1-3-26-19-11-9-18(10-12-19)23-15-17(13-20(23)24)21(25)22(2)14-16-7-5-4-6-8-16/h4-12,17H,3,13-15H2,1-2H3/t17-/m1/s1. The fraction of sp³-hybridized carbons (Fsp3) is 0.333. The van der Waals surface area contributed by atoms with E-state index >= 15 is 0 Å². The molecule has 1 saturated heterocycles. The molecule has 1 fully saturated rings. The number of carbonyl (C=O) groups is 2. The van der Waals surface area contributed by atoms with Crippen LogP contribution in [0.4, 0.5) is 5.69 Å². The summed E-state index contributed by atoms with van der Waals surface area (Å²) in [5.41, 5.74) is 1.88. The van der Waals surface area contributed by atoms with Crippen LogP contribution in [0, 0.1) is 5.92 Å². The van der Waals surface area contributed by atoms with Crippen molar-refractivity contribution in [3.05, 3.63) is 60.2 Å². The minimum absolute atomic E-state index is 0.00985. The Balaban J connectivity index is 1.64. The van der Waals surface area contributed by atoms with E-state index in [0.29, 0.717) is 19.7 Å². The van der Waals surface area contributed by atoms with E-state index in [4.69, 9.17) is 4.74 Å². The van der Waals surface area contributed by atoms with Gasteiger partial charge in [0.05, 0.1) is 12.5 Å². The van der Waals surface area contributed by atoms with Crippen LogP contribution in [0.5, 0.6) is 5.75 Å². The van der Waals surface area contributed by atoms with Crippen LogP contribution in [0.25, 0.3) is 0 Å². The Labute approximate surface area is 154 Å². The second kappa shape index (κ2) is 8.04. The quantitative estimate of drug-likeness (QED) is 0.803. The second-order valence-corrected chi connectivity index (χ2v) is 6.51. The largest absolute Gasteiger partial charge is 0.494 e. The van der Waals surface area contributed by atoms with E-state index in [-0.39, 0.29) is 24.2 Å². The predicted octanol–water partition coefficient (Wildman–Crippen LogP) is 3.10. The third kappa shape index (κ3) is 4.04. The summed E-state index contributed by atoms with van der Waals surface area (Å²) in [6.07, 6.45) is 0.255. The van der Waals surface area contributed by atoms with Gasteiger partial charge in [0.1, 0.15) is 5.75 Å². The molecule has 0 spiro atoms. The Morgan fingerprint density at radius 2 is 1.85 bits per heavy atom. The summed E-state index contributed by atoms with van der Waals surface area (Å²) >= 11 is 0. The Morgan fingerprint density at radius 1 is 1.15 bits per heavy atom. The van der Waals surface area contributed by atoms with Gasteiger partial charge >= 0.3 is 0 Å². The topological polar surface area (TPSA) is 49.9 Å². The summed E-state index contributed by atoms with van der Waals surface area (Å²) in [5, 5.41) is 0. The molecule has 1 heterocycles. The number of nitrogens with zero attached hydrogens (tertiary/aromatic N) is 2. The molecule has 0 aliphatic carbocycles. The number of ether oxygens (including phenoxy) is 1. The minimum Gasteiger partial charge on any atom is -0.494 e. The molecule has 0 N–H and O–H groups in total. The highest BCUT2D eigenvalue weighted by atomic mass is 16.5. The zero-order valence-electron chi connectivity index (χ0n) is 15.2. The van der Waals surface area contributed by atoms with E-state index in [1.165, 1.54) is 0 Å². The fourth-order valence-electron chi connectivity index (χ4n) is 3.26. The maximum absolute atomic E-state index is 12.7. The van der Waals surface area contributed by atoms with Crippen molar-refractivity contribution in [2.45, 2.75) is 19.9 Å². The number of anilines is 1. The predicted molar refractivity (Wildman–Crippen MR) is 101 cm³/mol. The van der Waals surface area contributed by atoms with Gasteiger partial charge in [0.15, 0.2) is 0 Å². The van der Waals surface area contributed by atoms with E-state index < -0.39 is 0 Å². The second-order valence-electron chi connectivity index (χ2n) is 6.51. The number of benzene rings is 2. The summed E-state index contributed by atoms with van der Waals surface area (Å²) in [6, 6.07) is 17.3. The van der Waals surface area contributed by atoms with Crippen LogP contribution < -0.4 is 9.64 Å². The van der Waals surface area contributed by atoms with Gasteiger partial charge in [-0.2, -0.15) is 0 Å². The Hall–Kier alpha value is -2.82. The maximum atomic E-state index is 12.7. The van der Waals surface area contributed by atoms with Crippen molar-refractivity contribution in [1.29, 1.82) is 0 Å². The Kier molecular flexibility index (Phi) is 5.56. The van der Waals surface area contributed by atoms with Crippen molar-refractivity contribution in [1.82, 2.24) is 4.90 Å². The normalized spacial score (nSPS) is 16.6. The molecule has 5 heteroatoms. The molecule has 5 nitrogen and oxygen atoms in total. The lowest BCUT2D eigenvalue weighted by Crippen LogP contribution is -2.34. The molecular formula is C21H24N2O3. The highest BCUT2D eigenvalue weighted by molar-refractivity contribution is 6.00. The molecule has 2 amide bonds. The van der Waals surface area contributed by atoms with Crippen LogP contribution in [0.3, 0.4) is 0 Å². The molecule has 0 unspecified atom stereocenters. The van der Waals surface area contributed by atoms with E-state index in [9.17, 15) is 9.59 Å². The average Bonchev–Trinajstić information content (AvgIpc) is 3.04. The molecule has 1 aliphatic heterocycles. The molecule has 0 radical (unpaired) electrons. The Bertz CT molecular complexity index is 759. The van der Waals surface area contributed by atoms with Crippen LogP contribution in [0.15, 0.2) is 54.6 Å². The fourth-order valence-corrected chi connectivity index (χ4v) is 3.26. The van der Waals surface area contributed by atoms with Gasteiger partial charge in [-0.15, -0.1) is 0 Å². The first-order valence-electron chi connectivity index (χ1n) is 8.90. The van der Waals surface area contributed by atoms with Crippen molar-refractivity contribution < 1.29 is 14.3 Å². The lowest BCUT2D eigenvalue weighted by Gasteiger charge is -2.21. The summed E-state index contributed by atoms with van der Waals surface area (Å²) in [6.45, 7) is 3.50. The summed E-state index contributed by atoms with van der Waals surface area (Å²) in [5.74, 6) is 0.470. The first-order valence-corrected chi connectivity index (χ1v) is 8.90. The molecule has 136 valence electrons. The van der Waals surface area contributed by atoms with Gasteiger partial charge in [0.25, 0.3) is 0 Å². The third-order valence-corrected chi connectivity index (χ3v) is 4.57. The molecular weight excluding hydrogens is 328 g/mol. The van der Waals surface area contributed by atoms with Crippen molar-refractivity contribution in [2.75, 3.05) is 25.1 Å². The molecule has 0 bridgehead atoms. The smallest absolute Gasteiger partial charge is 0.228 e. The van der Waals surface area contributed by atoms with E-state index in [2.05, 4.69) is 0 Å².